The first-order valence-corrected chi connectivity index (χ1v) is 7.77. The lowest BCUT2D eigenvalue weighted by atomic mass is 10.1. The Labute approximate surface area is 150 Å². The van der Waals surface area contributed by atoms with Gasteiger partial charge in [-0.25, -0.2) is 4.98 Å². The van der Waals surface area contributed by atoms with E-state index in [1.54, 1.807) is 63.8 Å². The molecule has 1 aromatic heterocycles. The van der Waals surface area contributed by atoms with Crippen LogP contribution in [0.5, 0.6) is 17.2 Å². The summed E-state index contributed by atoms with van der Waals surface area (Å²) in [5.41, 5.74) is 1.41. The summed E-state index contributed by atoms with van der Waals surface area (Å²) >= 11 is 0. The van der Waals surface area contributed by atoms with Crippen LogP contribution >= 0.6 is 0 Å². The summed E-state index contributed by atoms with van der Waals surface area (Å²) in [6.07, 6.45) is 1.23. The molecule has 0 spiro atoms. The zero-order valence-corrected chi connectivity index (χ0v) is 14.6. The first-order valence-electron chi connectivity index (χ1n) is 7.77. The predicted molar refractivity (Wildman–Crippen MR) is 96.0 cm³/mol. The average molecular weight is 354 g/mol. The van der Waals surface area contributed by atoms with Crippen LogP contribution in [-0.4, -0.2) is 32.2 Å². The molecule has 1 amide bonds. The van der Waals surface area contributed by atoms with Crippen LogP contribution < -0.4 is 19.5 Å². The number of benzene rings is 2. The quantitative estimate of drug-likeness (QED) is 0.728. The van der Waals surface area contributed by atoms with Gasteiger partial charge in [0.15, 0.2) is 29.3 Å². The van der Waals surface area contributed by atoms with Crippen molar-refractivity contribution < 1.29 is 23.4 Å². The van der Waals surface area contributed by atoms with Gasteiger partial charge in [0.25, 0.3) is 5.91 Å². The molecule has 3 rings (SSSR count). The number of anilines is 1. The van der Waals surface area contributed by atoms with Gasteiger partial charge in [-0.1, -0.05) is 6.07 Å². The molecule has 0 saturated heterocycles. The van der Waals surface area contributed by atoms with Gasteiger partial charge in [-0.05, 0) is 30.3 Å². The lowest BCUT2D eigenvalue weighted by Crippen LogP contribution is -2.13. The smallest absolute Gasteiger partial charge is 0.278 e. The largest absolute Gasteiger partial charge is 0.497 e. The number of amides is 1. The second kappa shape index (κ2) is 7.60. The first-order chi connectivity index (χ1) is 12.7. The van der Waals surface area contributed by atoms with E-state index in [4.69, 9.17) is 18.6 Å². The fourth-order valence-corrected chi connectivity index (χ4v) is 2.48. The number of carbonyl (C=O) groups is 1. The van der Waals surface area contributed by atoms with Gasteiger partial charge in [-0.2, -0.15) is 0 Å². The monoisotopic (exact) mass is 354 g/mol. The molecule has 26 heavy (non-hydrogen) atoms. The van der Waals surface area contributed by atoms with Crippen LogP contribution in [0.1, 0.15) is 10.5 Å². The second-order valence-corrected chi connectivity index (χ2v) is 5.29. The van der Waals surface area contributed by atoms with Crippen molar-refractivity contribution in [2.75, 3.05) is 26.6 Å². The second-order valence-electron chi connectivity index (χ2n) is 5.29. The minimum Gasteiger partial charge on any atom is -0.497 e. The maximum Gasteiger partial charge on any atom is 0.278 e. The van der Waals surface area contributed by atoms with Gasteiger partial charge in [-0.15, -0.1) is 0 Å². The summed E-state index contributed by atoms with van der Waals surface area (Å²) in [5, 5.41) is 2.78. The third kappa shape index (κ3) is 3.46. The lowest BCUT2D eigenvalue weighted by molar-refractivity contribution is 0.102. The van der Waals surface area contributed by atoms with E-state index in [9.17, 15) is 4.79 Å². The van der Waals surface area contributed by atoms with Crippen molar-refractivity contribution in [2.24, 2.45) is 0 Å². The minimum atomic E-state index is -0.392. The molecule has 1 heterocycles. The highest BCUT2D eigenvalue weighted by Crippen LogP contribution is 2.33. The highest BCUT2D eigenvalue weighted by atomic mass is 16.5. The first kappa shape index (κ1) is 17.3. The third-order valence-electron chi connectivity index (χ3n) is 3.76. The minimum absolute atomic E-state index is 0.167. The summed E-state index contributed by atoms with van der Waals surface area (Å²) < 4.78 is 21.1. The molecule has 7 heteroatoms. The molecule has 1 N–H and O–H groups in total. The predicted octanol–water partition coefficient (Wildman–Crippen LogP) is 3.62. The van der Waals surface area contributed by atoms with E-state index in [1.165, 1.54) is 6.39 Å². The maximum atomic E-state index is 12.6. The summed E-state index contributed by atoms with van der Waals surface area (Å²) in [7, 11) is 4.66. The van der Waals surface area contributed by atoms with Crippen LogP contribution in [0.3, 0.4) is 0 Å². The third-order valence-corrected chi connectivity index (χ3v) is 3.76. The van der Waals surface area contributed by atoms with Gasteiger partial charge in [0.1, 0.15) is 5.75 Å². The lowest BCUT2D eigenvalue weighted by Gasteiger charge is -2.09. The Hall–Kier alpha value is -3.48. The molecule has 134 valence electrons. The molecule has 0 aliphatic heterocycles. The number of hydrogen-bond donors (Lipinski definition) is 1. The zero-order chi connectivity index (χ0) is 18.5. The molecule has 2 aromatic carbocycles. The molecule has 0 aliphatic carbocycles. The SMILES string of the molecule is COc1cccc(NC(=O)c2ncoc2-c2ccc(OC)c(OC)c2)c1. The molecule has 0 bridgehead atoms. The number of nitrogens with one attached hydrogen (secondary N) is 1. The topological polar surface area (TPSA) is 82.8 Å². The molecule has 0 atom stereocenters. The summed E-state index contributed by atoms with van der Waals surface area (Å²) in [6, 6.07) is 12.3. The van der Waals surface area contributed by atoms with Crippen LogP contribution in [0.25, 0.3) is 11.3 Å². The van der Waals surface area contributed by atoms with Gasteiger partial charge >= 0.3 is 0 Å². The zero-order valence-electron chi connectivity index (χ0n) is 14.6. The van der Waals surface area contributed by atoms with E-state index in [0.717, 1.165) is 0 Å². The van der Waals surface area contributed by atoms with Gasteiger partial charge in [-0.3, -0.25) is 4.79 Å². The number of aromatic nitrogens is 1. The number of nitrogens with zero attached hydrogens (tertiary/aromatic N) is 1. The van der Waals surface area contributed by atoms with Crippen molar-refractivity contribution in [1.82, 2.24) is 4.98 Å². The van der Waals surface area contributed by atoms with Gasteiger partial charge in [0, 0.05) is 17.3 Å². The molecule has 0 fully saturated rings. The molecule has 0 unspecified atom stereocenters. The van der Waals surface area contributed by atoms with E-state index < -0.39 is 5.91 Å². The maximum absolute atomic E-state index is 12.6. The number of methoxy groups -OCH3 is 3. The normalized spacial score (nSPS) is 10.3. The fourth-order valence-electron chi connectivity index (χ4n) is 2.48. The Bertz CT molecular complexity index is 920. The molecule has 7 nitrogen and oxygen atoms in total. The Morgan fingerprint density at radius 3 is 2.54 bits per heavy atom. The summed E-state index contributed by atoms with van der Waals surface area (Å²) in [6.45, 7) is 0. The molecule has 0 radical (unpaired) electrons. The number of rotatable bonds is 6. The van der Waals surface area contributed by atoms with E-state index in [-0.39, 0.29) is 5.69 Å². The number of ether oxygens (including phenoxy) is 3. The highest BCUT2D eigenvalue weighted by molar-refractivity contribution is 6.06. The number of hydrogen-bond acceptors (Lipinski definition) is 6. The molecule has 3 aromatic rings. The van der Waals surface area contributed by atoms with Crippen molar-refractivity contribution in [3.8, 4) is 28.6 Å². The van der Waals surface area contributed by atoms with Gasteiger partial charge in [0.05, 0.1) is 21.3 Å². The van der Waals surface area contributed by atoms with Crippen molar-refractivity contribution in [1.29, 1.82) is 0 Å². The Morgan fingerprint density at radius 1 is 1.00 bits per heavy atom. The van der Waals surface area contributed by atoms with E-state index in [1.807, 2.05) is 0 Å². The van der Waals surface area contributed by atoms with Gasteiger partial charge < -0.3 is 23.9 Å². The van der Waals surface area contributed by atoms with Crippen LogP contribution in [0.4, 0.5) is 5.69 Å². The van der Waals surface area contributed by atoms with Crippen molar-refractivity contribution in [2.45, 2.75) is 0 Å². The van der Waals surface area contributed by atoms with E-state index >= 15 is 0 Å². The summed E-state index contributed by atoms with van der Waals surface area (Å²) in [4.78, 5) is 16.7. The number of carbonyl (C=O) groups excluding carboxylic acids is 1. The van der Waals surface area contributed by atoms with Crippen LogP contribution in [0, 0.1) is 0 Å². The van der Waals surface area contributed by atoms with E-state index in [2.05, 4.69) is 10.3 Å². The van der Waals surface area contributed by atoms with Crippen molar-refractivity contribution in [3.63, 3.8) is 0 Å². The standard InChI is InChI=1S/C19H18N2O5/c1-23-14-6-4-5-13(10-14)21-19(22)17-18(26-11-20-17)12-7-8-15(24-2)16(9-12)25-3/h4-11H,1-3H3,(H,21,22). The fraction of sp³-hybridized carbons (Fsp3) is 0.158. The van der Waals surface area contributed by atoms with Crippen LogP contribution in [0.2, 0.25) is 0 Å². The highest BCUT2D eigenvalue weighted by Gasteiger charge is 2.20. The van der Waals surface area contributed by atoms with Crippen LogP contribution in [-0.2, 0) is 0 Å². The van der Waals surface area contributed by atoms with Gasteiger partial charge in [0.2, 0.25) is 0 Å². The van der Waals surface area contributed by atoms with Crippen molar-refractivity contribution in [3.05, 3.63) is 54.6 Å². The van der Waals surface area contributed by atoms with E-state index in [0.29, 0.717) is 34.3 Å². The molecule has 0 saturated carbocycles. The number of oxazole rings is 1. The Balaban J connectivity index is 1.89. The molecular formula is C19H18N2O5. The average Bonchev–Trinajstić information content (AvgIpc) is 3.17. The summed E-state index contributed by atoms with van der Waals surface area (Å²) in [5.74, 6) is 1.70. The van der Waals surface area contributed by atoms with Crippen molar-refractivity contribution >= 4 is 11.6 Å². The molecule has 0 aliphatic rings. The Morgan fingerprint density at radius 2 is 1.81 bits per heavy atom. The molecular weight excluding hydrogens is 336 g/mol. The Kier molecular flexibility index (Phi) is 5.07. The van der Waals surface area contributed by atoms with Crippen LogP contribution in [0.15, 0.2) is 53.3 Å².